The molecule has 0 saturated carbocycles. The molecule has 5 rings (SSSR count). The molecule has 1 fully saturated rings. The molecule has 8 heteroatoms. The van der Waals surface area contributed by atoms with Gasteiger partial charge >= 0.3 is 0 Å². The highest BCUT2D eigenvalue weighted by molar-refractivity contribution is 5.81. The molecule has 0 aliphatic carbocycles. The molecule has 2 aromatic carbocycles. The van der Waals surface area contributed by atoms with Gasteiger partial charge < -0.3 is 18.7 Å². The van der Waals surface area contributed by atoms with Crippen molar-refractivity contribution in [3.8, 4) is 28.6 Å². The van der Waals surface area contributed by atoms with E-state index in [-0.39, 0.29) is 5.91 Å². The fraction of sp³-hybridized carbons (Fsp3) is 0.360. The van der Waals surface area contributed by atoms with E-state index in [1.807, 2.05) is 51.9 Å². The van der Waals surface area contributed by atoms with E-state index in [2.05, 4.69) is 15.1 Å². The van der Waals surface area contributed by atoms with Crippen LogP contribution in [0, 0.1) is 0 Å². The van der Waals surface area contributed by atoms with E-state index >= 15 is 0 Å². The van der Waals surface area contributed by atoms with Gasteiger partial charge in [-0.2, -0.15) is 4.98 Å². The molecule has 0 atom stereocenters. The Kier molecular flexibility index (Phi) is 6.06. The third-order valence-corrected chi connectivity index (χ3v) is 6.17. The monoisotopic (exact) mass is 445 g/mol. The van der Waals surface area contributed by atoms with E-state index in [0.29, 0.717) is 24.7 Å². The van der Waals surface area contributed by atoms with Crippen LogP contribution in [0.2, 0.25) is 0 Å². The van der Waals surface area contributed by atoms with Crippen LogP contribution >= 0.6 is 0 Å². The van der Waals surface area contributed by atoms with Crippen molar-refractivity contribution in [3.05, 3.63) is 48.8 Å². The molecule has 1 aliphatic heterocycles. The predicted molar refractivity (Wildman–Crippen MR) is 125 cm³/mol. The molecule has 3 heterocycles. The molecule has 0 bridgehead atoms. The Hall–Kier alpha value is -3.68. The van der Waals surface area contributed by atoms with Gasteiger partial charge in [-0.25, -0.2) is 4.98 Å². The zero-order valence-electron chi connectivity index (χ0n) is 18.7. The molecule has 0 N–H and O–H groups in total. The lowest BCUT2D eigenvalue weighted by Crippen LogP contribution is -2.32. The summed E-state index contributed by atoms with van der Waals surface area (Å²) in [5.41, 5.74) is 3.48. The second-order valence-electron chi connectivity index (χ2n) is 8.34. The molecular weight excluding hydrogens is 418 g/mol. The van der Waals surface area contributed by atoms with Gasteiger partial charge in [0.15, 0.2) is 0 Å². The third-order valence-electron chi connectivity index (χ3n) is 6.17. The molecule has 0 spiro atoms. The molecule has 170 valence electrons. The molecule has 1 amide bonds. The average molecular weight is 446 g/mol. The topological polar surface area (TPSA) is 86.3 Å². The third kappa shape index (κ3) is 4.60. The number of likely N-dealkylation sites (tertiary alicyclic amines) is 1. The van der Waals surface area contributed by atoms with Gasteiger partial charge in [-0.15, -0.1) is 0 Å². The first-order valence-electron chi connectivity index (χ1n) is 11.4. The van der Waals surface area contributed by atoms with Gasteiger partial charge in [0, 0.05) is 37.2 Å². The van der Waals surface area contributed by atoms with Crippen molar-refractivity contribution in [1.29, 1.82) is 0 Å². The highest BCUT2D eigenvalue weighted by Crippen LogP contribution is 2.26. The summed E-state index contributed by atoms with van der Waals surface area (Å²) in [6.45, 7) is 2.39. The quantitative estimate of drug-likeness (QED) is 0.433. The lowest BCUT2D eigenvalue weighted by molar-refractivity contribution is -0.131. The summed E-state index contributed by atoms with van der Waals surface area (Å²) in [6.07, 6.45) is 6.95. The Morgan fingerprint density at radius 1 is 1.03 bits per heavy atom. The minimum absolute atomic E-state index is 0.230. The first-order chi connectivity index (χ1) is 16.2. The summed E-state index contributed by atoms with van der Waals surface area (Å²) < 4.78 is 12.7. The predicted octanol–water partition coefficient (Wildman–Crippen LogP) is 4.55. The van der Waals surface area contributed by atoms with Gasteiger partial charge in [-0.05, 0) is 55.3 Å². The second-order valence-corrected chi connectivity index (χ2v) is 8.34. The van der Waals surface area contributed by atoms with Crippen LogP contribution in [0.5, 0.6) is 5.75 Å². The molecule has 0 radical (unpaired) electrons. The number of amides is 1. The molecular formula is C25H27N5O3. The van der Waals surface area contributed by atoms with Crippen molar-refractivity contribution < 1.29 is 14.1 Å². The Balaban J connectivity index is 1.29. The fourth-order valence-electron chi connectivity index (χ4n) is 4.27. The molecule has 1 saturated heterocycles. The standard InChI is InChI=1S/C25H27N5O3/c1-32-20-9-6-18(7-10-20)25-27-24(28-33-25)19-8-11-22-21(16-19)26-17-30(22)15-12-23(31)29-13-4-2-3-5-14-29/h6-11,16-17H,2-5,12-15H2,1H3. The van der Waals surface area contributed by atoms with Crippen LogP contribution in [-0.4, -0.2) is 50.7 Å². The summed E-state index contributed by atoms with van der Waals surface area (Å²) in [6, 6.07) is 13.4. The lowest BCUT2D eigenvalue weighted by Gasteiger charge is -2.20. The maximum atomic E-state index is 12.6. The van der Waals surface area contributed by atoms with Crippen molar-refractivity contribution >= 4 is 16.9 Å². The summed E-state index contributed by atoms with van der Waals surface area (Å²) in [5.74, 6) is 1.96. The molecule has 33 heavy (non-hydrogen) atoms. The summed E-state index contributed by atoms with van der Waals surface area (Å²) >= 11 is 0. The van der Waals surface area contributed by atoms with Gasteiger partial charge in [0.2, 0.25) is 11.7 Å². The van der Waals surface area contributed by atoms with Crippen LogP contribution < -0.4 is 4.74 Å². The van der Waals surface area contributed by atoms with E-state index in [0.717, 1.165) is 53.8 Å². The Morgan fingerprint density at radius 2 is 1.79 bits per heavy atom. The number of benzene rings is 2. The Morgan fingerprint density at radius 3 is 2.55 bits per heavy atom. The van der Waals surface area contributed by atoms with Crippen LogP contribution in [-0.2, 0) is 11.3 Å². The number of hydrogen-bond donors (Lipinski definition) is 0. The van der Waals surface area contributed by atoms with Crippen LogP contribution in [0.1, 0.15) is 32.1 Å². The molecule has 8 nitrogen and oxygen atoms in total. The van der Waals surface area contributed by atoms with Crippen molar-refractivity contribution in [2.24, 2.45) is 0 Å². The molecule has 1 aliphatic rings. The summed E-state index contributed by atoms with van der Waals surface area (Å²) in [5, 5.41) is 4.14. The minimum atomic E-state index is 0.230. The van der Waals surface area contributed by atoms with Crippen molar-refractivity contribution in [3.63, 3.8) is 0 Å². The van der Waals surface area contributed by atoms with Gasteiger partial charge in [-0.3, -0.25) is 4.79 Å². The van der Waals surface area contributed by atoms with Crippen LogP contribution in [0.3, 0.4) is 0 Å². The number of carbonyl (C=O) groups excluding carboxylic acids is 1. The fourth-order valence-corrected chi connectivity index (χ4v) is 4.27. The van der Waals surface area contributed by atoms with E-state index in [9.17, 15) is 4.79 Å². The van der Waals surface area contributed by atoms with Gasteiger partial charge in [0.25, 0.3) is 5.89 Å². The van der Waals surface area contributed by atoms with E-state index in [4.69, 9.17) is 9.26 Å². The number of carbonyl (C=O) groups is 1. The van der Waals surface area contributed by atoms with Gasteiger partial charge in [0.1, 0.15) is 5.75 Å². The van der Waals surface area contributed by atoms with Gasteiger partial charge in [0.05, 0.1) is 24.5 Å². The van der Waals surface area contributed by atoms with Crippen molar-refractivity contribution in [1.82, 2.24) is 24.6 Å². The maximum Gasteiger partial charge on any atom is 0.258 e. The summed E-state index contributed by atoms with van der Waals surface area (Å²) in [7, 11) is 1.63. The number of aryl methyl sites for hydroxylation is 1. The number of hydrogen-bond acceptors (Lipinski definition) is 6. The average Bonchev–Trinajstić information content (AvgIpc) is 3.41. The van der Waals surface area contributed by atoms with Crippen molar-refractivity contribution in [2.75, 3.05) is 20.2 Å². The van der Waals surface area contributed by atoms with E-state index in [1.165, 1.54) is 12.8 Å². The zero-order valence-corrected chi connectivity index (χ0v) is 18.7. The Bertz CT molecular complexity index is 1240. The molecule has 2 aromatic heterocycles. The van der Waals surface area contributed by atoms with Crippen LogP contribution in [0.4, 0.5) is 0 Å². The number of ether oxygens (including phenoxy) is 1. The zero-order chi connectivity index (χ0) is 22.6. The lowest BCUT2D eigenvalue weighted by atomic mass is 10.2. The van der Waals surface area contributed by atoms with Crippen LogP contribution in [0.25, 0.3) is 33.9 Å². The second kappa shape index (κ2) is 9.44. The number of aromatic nitrogens is 4. The normalized spacial score (nSPS) is 14.4. The van der Waals surface area contributed by atoms with Crippen molar-refractivity contribution in [2.45, 2.75) is 38.6 Å². The summed E-state index contributed by atoms with van der Waals surface area (Å²) in [4.78, 5) is 23.7. The minimum Gasteiger partial charge on any atom is -0.497 e. The SMILES string of the molecule is COc1ccc(-c2nc(-c3ccc4c(c3)ncn4CCC(=O)N3CCCCCC3)no2)cc1. The largest absolute Gasteiger partial charge is 0.497 e. The maximum absolute atomic E-state index is 12.6. The molecule has 4 aromatic rings. The Labute approximate surface area is 192 Å². The number of rotatable bonds is 6. The number of nitrogens with zero attached hydrogens (tertiary/aromatic N) is 5. The number of fused-ring (bicyclic) bond motifs is 1. The highest BCUT2D eigenvalue weighted by Gasteiger charge is 2.16. The number of imidazole rings is 1. The van der Waals surface area contributed by atoms with Crippen LogP contribution in [0.15, 0.2) is 53.3 Å². The first kappa shape index (κ1) is 21.2. The van der Waals surface area contributed by atoms with E-state index < -0.39 is 0 Å². The first-order valence-corrected chi connectivity index (χ1v) is 11.4. The highest BCUT2D eigenvalue weighted by atomic mass is 16.5. The number of methoxy groups -OCH3 is 1. The molecule has 0 unspecified atom stereocenters. The van der Waals surface area contributed by atoms with E-state index in [1.54, 1.807) is 13.4 Å². The smallest absolute Gasteiger partial charge is 0.258 e. The van der Waals surface area contributed by atoms with Gasteiger partial charge in [-0.1, -0.05) is 18.0 Å².